The Labute approximate surface area is 294 Å². The van der Waals surface area contributed by atoms with Crippen LogP contribution in [0.1, 0.15) is 75.0 Å². The number of fused-ring (bicyclic) bond motifs is 6. The van der Waals surface area contributed by atoms with Crippen molar-refractivity contribution < 1.29 is 0 Å². The highest BCUT2D eigenvalue weighted by Crippen LogP contribution is 2.45. The molecule has 2 aromatic carbocycles. The number of benzene rings is 2. The summed E-state index contributed by atoms with van der Waals surface area (Å²) in [6.07, 6.45) is 10.3. The molecule has 0 aliphatic carbocycles. The van der Waals surface area contributed by atoms with E-state index in [1.165, 1.54) is 72.3 Å². The van der Waals surface area contributed by atoms with Gasteiger partial charge in [-0.05, 0) is 103 Å². The van der Waals surface area contributed by atoms with Gasteiger partial charge in [-0.1, -0.05) is 24.6 Å². The SMILES string of the molecule is Cc1cc2c3c(c1)c1c(n3CC(c3ccncc3)N2)CCN(CCc2ccc(C3C(C)Cc4cc(C)cc5c6c(n3c45)CCN(C)C6)cn2)C1. The maximum absolute atomic E-state index is 5.13. The molecule has 1 N–H and O–H groups in total. The number of aromatic nitrogens is 4. The molecule has 50 heavy (non-hydrogen) atoms. The second-order valence-electron chi connectivity index (χ2n) is 15.8. The average Bonchev–Trinajstić information content (AvgIpc) is 3.60. The van der Waals surface area contributed by atoms with Crippen molar-refractivity contribution in [2.75, 3.05) is 32.0 Å². The van der Waals surface area contributed by atoms with Crippen LogP contribution in [0, 0.1) is 19.8 Å². The lowest BCUT2D eigenvalue weighted by Gasteiger charge is -2.35. The van der Waals surface area contributed by atoms with Crippen LogP contribution in [0.3, 0.4) is 0 Å². The summed E-state index contributed by atoms with van der Waals surface area (Å²) in [5.41, 5.74) is 18.4. The molecular weight excluding hydrogens is 615 g/mol. The molecule has 0 saturated heterocycles. The molecule has 4 aliphatic rings. The number of aryl methyl sites for hydroxylation is 2. The van der Waals surface area contributed by atoms with Gasteiger partial charge >= 0.3 is 0 Å². The van der Waals surface area contributed by atoms with Crippen LogP contribution >= 0.6 is 0 Å². The van der Waals surface area contributed by atoms with Crippen LogP contribution in [0.4, 0.5) is 5.69 Å². The zero-order valence-electron chi connectivity index (χ0n) is 29.8. The van der Waals surface area contributed by atoms with E-state index in [-0.39, 0.29) is 6.04 Å². The van der Waals surface area contributed by atoms with Crippen molar-refractivity contribution in [3.05, 3.63) is 123 Å². The highest BCUT2D eigenvalue weighted by molar-refractivity contribution is 5.97. The molecule has 8 heterocycles. The predicted molar refractivity (Wildman–Crippen MR) is 202 cm³/mol. The van der Waals surface area contributed by atoms with Crippen molar-refractivity contribution in [1.82, 2.24) is 28.9 Å². The monoisotopic (exact) mass is 661 g/mol. The Bertz CT molecular complexity index is 2280. The topological polar surface area (TPSA) is 54.2 Å². The molecule has 0 fully saturated rings. The molecule has 3 unspecified atom stereocenters. The zero-order chi connectivity index (χ0) is 33.7. The van der Waals surface area contributed by atoms with Gasteiger partial charge in [-0.3, -0.25) is 14.9 Å². The third kappa shape index (κ3) is 4.77. The van der Waals surface area contributed by atoms with Crippen molar-refractivity contribution >= 4 is 27.5 Å². The molecule has 4 aliphatic heterocycles. The van der Waals surface area contributed by atoms with Crippen LogP contribution in [0.15, 0.2) is 67.1 Å². The number of likely N-dealkylation sites (N-methyl/N-ethyl adjacent to an activating group) is 1. The van der Waals surface area contributed by atoms with Crippen molar-refractivity contribution in [1.29, 1.82) is 0 Å². The Morgan fingerprint density at radius 2 is 1.62 bits per heavy atom. The molecule has 0 spiro atoms. The fourth-order valence-electron chi connectivity index (χ4n) is 10.1. The summed E-state index contributed by atoms with van der Waals surface area (Å²) in [5, 5.41) is 6.78. The molecular formula is C43H47N7. The summed E-state index contributed by atoms with van der Waals surface area (Å²) in [4.78, 5) is 14.5. The Kier molecular flexibility index (Phi) is 7.01. The number of hydrogen-bond donors (Lipinski definition) is 1. The van der Waals surface area contributed by atoms with Gasteiger partial charge in [0.15, 0.2) is 0 Å². The Balaban J connectivity index is 0.895. The van der Waals surface area contributed by atoms with Crippen molar-refractivity contribution in [2.24, 2.45) is 5.92 Å². The lowest BCUT2D eigenvalue weighted by Crippen LogP contribution is -2.33. The standard InChI is InChI=1S/C43H47N7/c1-26-17-31-21-28(3)41(50-40-10-14-47(4)23-35(40)33(18-26)42(31)50)30-5-6-32(45-22-30)9-15-48-16-11-39-36(24-48)34-19-27(2)20-37-43(34)49(39)25-38(46-37)29-7-12-44-13-8-29/h5-8,12-13,17-20,22,28,38,41,46H,9-11,14-16,21,23-25H2,1-4H3. The first kappa shape index (κ1) is 30.4. The van der Waals surface area contributed by atoms with Crippen molar-refractivity contribution in [3.8, 4) is 0 Å². The van der Waals surface area contributed by atoms with E-state index in [0.717, 1.165) is 65.0 Å². The molecule has 0 amide bonds. The largest absolute Gasteiger partial charge is 0.375 e. The van der Waals surface area contributed by atoms with E-state index in [1.807, 2.05) is 12.4 Å². The minimum absolute atomic E-state index is 0.255. The molecule has 0 saturated carbocycles. The van der Waals surface area contributed by atoms with E-state index < -0.39 is 0 Å². The van der Waals surface area contributed by atoms with E-state index in [2.05, 4.69) is 112 Å². The van der Waals surface area contributed by atoms with Crippen molar-refractivity contribution in [2.45, 2.75) is 78.2 Å². The normalized spacial score (nSPS) is 21.7. The summed E-state index contributed by atoms with van der Waals surface area (Å²) in [6, 6.07) is 19.2. The van der Waals surface area contributed by atoms with Gasteiger partial charge in [0.2, 0.25) is 0 Å². The van der Waals surface area contributed by atoms with Gasteiger partial charge in [0.1, 0.15) is 0 Å². The number of hydrogen-bond acceptors (Lipinski definition) is 5. The third-order valence-electron chi connectivity index (χ3n) is 12.3. The van der Waals surface area contributed by atoms with Crippen LogP contribution in [-0.2, 0) is 45.3 Å². The number of anilines is 1. The van der Waals surface area contributed by atoms with E-state index in [9.17, 15) is 0 Å². The average molecular weight is 662 g/mol. The Morgan fingerprint density at radius 1 is 0.840 bits per heavy atom. The van der Waals surface area contributed by atoms with Gasteiger partial charge in [0, 0.05) is 105 Å². The van der Waals surface area contributed by atoms with E-state index in [0.29, 0.717) is 12.0 Å². The van der Waals surface area contributed by atoms with Crippen LogP contribution in [0.25, 0.3) is 21.8 Å². The van der Waals surface area contributed by atoms with Crippen LogP contribution < -0.4 is 5.32 Å². The van der Waals surface area contributed by atoms with Gasteiger partial charge in [-0.25, -0.2) is 0 Å². The minimum atomic E-state index is 0.255. The highest BCUT2D eigenvalue weighted by atomic mass is 15.2. The summed E-state index contributed by atoms with van der Waals surface area (Å²) >= 11 is 0. The molecule has 4 aromatic heterocycles. The summed E-state index contributed by atoms with van der Waals surface area (Å²) in [5.74, 6) is 0.524. The highest BCUT2D eigenvalue weighted by Gasteiger charge is 2.35. The molecule has 7 nitrogen and oxygen atoms in total. The van der Waals surface area contributed by atoms with E-state index >= 15 is 0 Å². The van der Waals surface area contributed by atoms with E-state index in [4.69, 9.17) is 4.98 Å². The lowest BCUT2D eigenvalue weighted by molar-refractivity contribution is 0.254. The smallest absolute Gasteiger partial charge is 0.0722 e. The number of rotatable bonds is 5. The predicted octanol–water partition coefficient (Wildman–Crippen LogP) is 7.54. The molecule has 254 valence electrons. The van der Waals surface area contributed by atoms with Gasteiger partial charge < -0.3 is 19.4 Å². The number of nitrogens with zero attached hydrogens (tertiary/aromatic N) is 6. The van der Waals surface area contributed by atoms with Gasteiger partial charge in [-0.15, -0.1) is 0 Å². The number of pyridine rings is 2. The van der Waals surface area contributed by atoms with Gasteiger partial charge in [-0.2, -0.15) is 0 Å². The third-order valence-corrected chi connectivity index (χ3v) is 12.3. The molecule has 0 radical (unpaired) electrons. The minimum Gasteiger partial charge on any atom is -0.375 e. The first-order valence-corrected chi connectivity index (χ1v) is 18.7. The molecule has 3 atom stereocenters. The van der Waals surface area contributed by atoms with E-state index in [1.54, 1.807) is 11.3 Å². The Hall–Kier alpha value is -4.46. The fourth-order valence-corrected chi connectivity index (χ4v) is 10.1. The maximum atomic E-state index is 5.13. The molecule has 0 bridgehead atoms. The number of nitrogens with one attached hydrogen (secondary N) is 1. The zero-order valence-corrected chi connectivity index (χ0v) is 29.8. The van der Waals surface area contributed by atoms with Crippen molar-refractivity contribution in [3.63, 3.8) is 0 Å². The van der Waals surface area contributed by atoms with Crippen LogP contribution in [-0.4, -0.2) is 55.6 Å². The van der Waals surface area contributed by atoms with Gasteiger partial charge in [0.25, 0.3) is 0 Å². The summed E-state index contributed by atoms with van der Waals surface area (Å²) in [7, 11) is 2.26. The molecule has 10 rings (SSSR count). The quantitative estimate of drug-likeness (QED) is 0.207. The van der Waals surface area contributed by atoms with Gasteiger partial charge in [0.05, 0.1) is 28.8 Å². The fraction of sp³-hybridized carbons (Fsp3) is 0.395. The van der Waals surface area contributed by atoms with Crippen LogP contribution in [0.5, 0.6) is 0 Å². The molecule has 6 aromatic rings. The van der Waals surface area contributed by atoms with Crippen LogP contribution in [0.2, 0.25) is 0 Å². The first-order valence-electron chi connectivity index (χ1n) is 18.7. The molecule has 7 heteroatoms. The Morgan fingerprint density at radius 3 is 2.44 bits per heavy atom. The first-order chi connectivity index (χ1) is 24.4. The maximum Gasteiger partial charge on any atom is 0.0722 e. The second-order valence-corrected chi connectivity index (χ2v) is 15.8. The summed E-state index contributed by atoms with van der Waals surface area (Å²) < 4.78 is 5.36. The lowest BCUT2D eigenvalue weighted by atomic mass is 9.85. The summed E-state index contributed by atoms with van der Waals surface area (Å²) in [6.45, 7) is 13.2. The second kappa shape index (κ2) is 11.5.